The molecule has 7 heteroatoms. The summed E-state index contributed by atoms with van der Waals surface area (Å²) in [6, 6.07) is 12.3. The zero-order valence-electron chi connectivity index (χ0n) is 18.8. The summed E-state index contributed by atoms with van der Waals surface area (Å²) in [6.45, 7) is 6.00. The average molecular weight is 428 g/mol. The van der Waals surface area contributed by atoms with Gasteiger partial charge in [-0.2, -0.15) is 15.6 Å². The van der Waals surface area contributed by atoms with Crippen molar-refractivity contribution in [2.75, 3.05) is 23.7 Å². The molecule has 4 atom stereocenters. The number of nitrogens with zero attached hydrogens (tertiary/aromatic N) is 4. The topological polar surface area (TPSA) is 101 Å². The van der Waals surface area contributed by atoms with Gasteiger partial charge in [0.1, 0.15) is 6.07 Å². The molecule has 1 aromatic heterocycles. The highest BCUT2D eigenvalue weighted by atomic mass is 15.3. The van der Waals surface area contributed by atoms with E-state index in [-0.39, 0.29) is 17.5 Å². The van der Waals surface area contributed by atoms with Crippen LogP contribution in [0.2, 0.25) is 0 Å². The molecular formula is C25H29N7. The van der Waals surface area contributed by atoms with E-state index in [1.807, 2.05) is 54.3 Å². The molecule has 0 bridgehead atoms. The number of hydrogen-bond donors (Lipinski definition) is 3. The minimum absolute atomic E-state index is 0.0131. The van der Waals surface area contributed by atoms with Crippen LogP contribution in [0.15, 0.2) is 54.3 Å². The minimum atomic E-state index is -0.0348. The maximum atomic E-state index is 9.54. The van der Waals surface area contributed by atoms with E-state index in [2.05, 4.69) is 53.1 Å². The molecule has 7 nitrogen and oxygen atoms in total. The lowest BCUT2D eigenvalue weighted by atomic mass is 9.72. The van der Waals surface area contributed by atoms with Crippen LogP contribution in [0.5, 0.6) is 0 Å². The molecule has 0 amide bonds. The Labute approximate surface area is 189 Å². The Morgan fingerprint density at radius 1 is 1.31 bits per heavy atom. The molecule has 3 N–H and O–H groups in total. The molecule has 2 aliphatic rings. The molecule has 0 saturated carbocycles. The fraction of sp³-hybridized carbons (Fsp3) is 0.400. The number of rotatable bonds is 6. The Bertz CT molecular complexity index is 1130. The second-order valence-electron chi connectivity index (χ2n) is 8.99. The number of aromatic nitrogens is 2. The maximum absolute atomic E-state index is 9.54. The fourth-order valence-electron chi connectivity index (χ4n) is 4.39. The number of allylic oxidation sites excluding steroid dienone is 4. The molecule has 2 heterocycles. The maximum Gasteiger partial charge on any atom is 0.101 e. The lowest BCUT2D eigenvalue weighted by Crippen LogP contribution is -2.46. The smallest absolute Gasteiger partial charge is 0.101 e. The van der Waals surface area contributed by atoms with Gasteiger partial charge in [-0.05, 0) is 48.6 Å². The van der Waals surface area contributed by atoms with Crippen LogP contribution in [0.1, 0.15) is 37.6 Å². The first-order chi connectivity index (χ1) is 15.4. The molecule has 1 aliphatic heterocycles. The SMILES string of the molecule is C[C@H](CN[C@@H](c1ccn(C)n1)[C@H]1CNc2cccc(C#N)c2N1)C1(C)C=CC(C#N)=CC1. The van der Waals surface area contributed by atoms with Gasteiger partial charge in [0.05, 0.1) is 40.8 Å². The number of hydrogen-bond acceptors (Lipinski definition) is 6. The van der Waals surface area contributed by atoms with Gasteiger partial charge in [0, 0.05) is 25.4 Å². The molecule has 1 aromatic carbocycles. The normalized spacial score (nSPS) is 23.5. The average Bonchev–Trinajstić information content (AvgIpc) is 3.24. The standard InChI is InChI=1S/C25H29N7/c1-17(25(2)10-7-18(13-26)8-11-25)15-29-24(21-9-12-32(3)31-21)22-16-28-20-6-4-5-19(14-27)23(20)30-22/h4-10,12,17,22,24,28-30H,11,15-16H2,1-3H3/t17-,22-,24+,25?/m1/s1. The van der Waals surface area contributed by atoms with Crippen molar-refractivity contribution in [1.29, 1.82) is 10.5 Å². The van der Waals surface area contributed by atoms with Crippen LogP contribution < -0.4 is 16.0 Å². The van der Waals surface area contributed by atoms with Crippen molar-refractivity contribution in [2.24, 2.45) is 18.4 Å². The van der Waals surface area contributed by atoms with Crippen molar-refractivity contribution < 1.29 is 0 Å². The van der Waals surface area contributed by atoms with Crippen LogP contribution in [-0.2, 0) is 7.05 Å². The third kappa shape index (κ3) is 4.26. The summed E-state index contributed by atoms with van der Waals surface area (Å²) in [5.41, 5.74) is 4.12. The molecule has 0 fully saturated rings. The Morgan fingerprint density at radius 3 is 2.81 bits per heavy atom. The molecule has 1 aliphatic carbocycles. The first-order valence-corrected chi connectivity index (χ1v) is 11.0. The Morgan fingerprint density at radius 2 is 2.16 bits per heavy atom. The van der Waals surface area contributed by atoms with Gasteiger partial charge in [-0.1, -0.05) is 32.1 Å². The van der Waals surface area contributed by atoms with E-state index in [1.54, 1.807) is 0 Å². The van der Waals surface area contributed by atoms with E-state index in [0.717, 1.165) is 42.2 Å². The third-order valence-electron chi connectivity index (χ3n) is 6.79. The van der Waals surface area contributed by atoms with Crippen molar-refractivity contribution in [3.05, 3.63) is 65.5 Å². The number of aryl methyl sites for hydroxylation is 1. The van der Waals surface area contributed by atoms with Crippen molar-refractivity contribution in [1.82, 2.24) is 15.1 Å². The summed E-state index contributed by atoms with van der Waals surface area (Å²) < 4.78 is 1.82. The zero-order valence-corrected chi connectivity index (χ0v) is 18.8. The molecular weight excluding hydrogens is 398 g/mol. The zero-order chi connectivity index (χ0) is 22.7. The lowest BCUT2D eigenvalue weighted by Gasteiger charge is -2.38. The summed E-state index contributed by atoms with van der Waals surface area (Å²) >= 11 is 0. The van der Waals surface area contributed by atoms with Crippen LogP contribution in [0.3, 0.4) is 0 Å². The summed E-state index contributed by atoms with van der Waals surface area (Å²) in [5.74, 6) is 0.347. The lowest BCUT2D eigenvalue weighted by molar-refractivity contribution is 0.253. The number of para-hydroxylation sites is 1. The number of fused-ring (bicyclic) bond motifs is 1. The Balaban J connectivity index is 1.53. The molecule has 0 radical (unpaired) electrons. The van der Waals surface area contributed by atoms with Crippen LogP contribution in [-0.4, -0.2) is 28.9 Å². The highest BCUT2D eigenvalue weighted by molar-refractivity contribution is 5.77. The third-order valence-corrected chi connectivity index (χ3v) is 6.79. The quantitative estimate of drug-likeness (QED) is 0.647. The summed E-state index contributed by atoms with van der Waals surface area (Å²) in [6.07, 6.45) is 8.94. The van der Waals surface area contributed by atoms with Crippen LogP contribution in [0.25, 0.3) is 0 Å². The van der Waals surface area contributed by atoms with E-state index < -0.39 is 0 Å². The number of anilines is 2. The van der Waals surface area contributed by atoms with Crippen LogP contribution in [0.4, 0.5) is 11.4 Å². The number of nitriles is 2. The first-order valence-electron chi connectivity index (χ1n) is 11.0. The predicted molar refractivity (Wildman–Crippen MR) is 126 cm³/mol. The largest absolute Gasteiger partial charge is 0.381 e. The first kappa shape index (κ1) is 21.7. The molecule has 164 valence electrons. The number of benzene rings is 1. The van der Waals surface area contributed by atoms with E-state index in [9.17, 15) is 5.26 Å². The van der Waals surface area contributed by atoms with Crippen molar-refractivity contribution in [2.45, 2.75) is 32.4 Å². The van der Waals surface area contributed by atoms with Crippen LogP contribution >= 0.6 is 0 Å². The van der Waals surface area contributed by atoms with E-state index >= 15 is 0 Å². The molecule has 2 aromatic rings. The van der Waals surface area contributed by atoms with Gasteiger partial charge in [0.25, 0.3) is 0 Å². The molecule has 32 heavy (non-hydrogen) atoms. The summed E-state index contributed by atoms with van der Waals surface area (Å²) in [5, 5.41) is 34.2. The predicted octanol–water partition coefficient (Wildman–Crippen LogP) is 3.88. The van der Waals surface area contributed by atoms with E-state index in [1.165, 1.54) is 0 Å². The van der Waals surface area contributed by atoms with Gasteiger partial charge in [-0.15, -0.1) is 0 Å². The van der Waals surface area contributed by atoms with Gasteiger partial charge in [0.2, 0.25) is 0 Å². The Hall–Kier alpha value is -3.55. The summed E-state index contributed by atoms with van der Waals surface area (Å²) in [4.78, 5) is 0. The highest BCUT2D eigenvalue weighted by Crippen LogP contribution is 2.37. The molecule has 0 saturated heterocycles. The van der Waals surface area contributed by atoms with Gasteiger partial charge in [-0.25, -0.2) is 0 Å². The van der Waals surface area contributed by atoms with Crippen molar-refractivity contribution in [3.63, 3.8) is 0 Å². The summed E-state index contributed by atoms with van der Waals surface area (Å²) in [7, 11) is 1.92. The minimum Gasteiger partial charge on any atom is -0.381 e. The van der Waals surface area contributed by atoms with Gasteiger partial charge >= 0.3 is 0 Å². The van der Waals surface area contributed by atoms with E-state index in [4.69, 9.17) is 5.26 Å². The fourth-order valence-corrected chi connectivity index (χ4v) is 4.39. The van der Waals surface area contributed by atoms with Crippen molar-refractivity contribution in [3.8, 4) is 12.1 Å². The highest BCUT2D eigenvalue weighted by Gasteiger charge is 2.33. The van der Waals surface area contributed by atoms with Gasteiger partial charge < -0.3 is 16.0 Å². The van der Waals surface area contributed by atoms with Crippen molar-refractivity contribution >= 4 is 11.4 Å². The Kier molecular flexibility index (Phi) is 6.03. The monoisotopic (exact) mass is 427 g/mol. The van der Waals surface area contributed by atoms with Gasteiger partial charge in [0.15, 0.2) is 0 Å². The van der Waals surface area contributed by atoms with Gasteiger partial charge in [-0.3, -0.25) is 4.68 Å². The molecule has 4 rings (SSSR count). The van der Waals surface area contributed by atoms with Crippen LogP contribution in [0, 0.1) is 34.0 Å². The second-order valence-corrected chi connectivity index (χ2v) is 8.99. The molecule has 1 unspecified atom stereocenters. The molecule has 0 spiro atoms. The van der Waals surface area contributed by atoms with E-state index in [0.29, 0.717) is 11.5 Å². The second kappa shape index (κ2) is 8.90. The number of nitrogens with one attached hydrogen (secondary N) is 3.